The molecule has 0 aliphatic carbocycles. The highest BCUT2D eigenvalue weighted by Gasteiger charge is 2.09. The molecule has 1 heterocycles. The smallest absolute Gasteiger partial charge is 0.319 e. The van der Waals surface area contributed by atoms with Gasteiger partial charge in [0.25, 0.3) is 0 Å². The van der Waals surface area contributed by atoms with Crippen LogP contribution >= 0.6 is 38.9 Å². The number of halogens is 2. The second kappa shape index (κ2) is 24.8. The van der Waals surface area contributed by atoms with E-state index in [1.807, 2.05) is 19.8 Å². The summed E-state index contributed by atoms with van der Waals surface area (Å²) in [6.45, 7) is 7.54. The first kappa shape index (κ1) is 40.0. The first-order valence-corrected chi connectivity index (χ1v) is 20.1. The molecule has 0 aromatic carbocycles. The summed E-state index contributed by atoms with van der Waals surface area (Å²) in [6, 6.07) is 0.380. The van der Waals surface area contributed by atoms with Crippen molar-refractivity contribution in [2.75, 3.05) is 60.8 Å². The Balaban J connectivity index is -0.000000402. The van der Waals surface area contributed by atoms with E-state index in [0.29, 0.717) is 24.0 Å². The predicted octanol–water partition coefficient (Wildman–Crippen LogP) is 4.38. The van der Waals surface area contributed by atoms with Gasteiger partial charge in [-0.3, -0.25) is 8.37 Å². The van der Waals surface area contributed by atoms with E-state index in [2.05, 4.69) is 23.3 Å². The van der Waals surface area contributed by atoms with E-state index < -0.39 is 45.6 Å². The Bertz CT molecular complexity index is 686. The molecule has 0 saturated carbocycles. The minimum absolute atomic E-state index is 0.139. The highest BCUT2D eigenvalue weighted by Crippen LogP contribution is 2.42. The van der Waals surface area contributed by atoms with Gasteiger partial charge in [-0.05, 0) is 26.9 Å². The van der Waals surface area contributed by atoms with Crippen LogP contribution in [-0.2, 0) is 48.6 Å². The number of rotatable bonds is 11. The van der Waals surface area contributed by atoms with Crippen LogP contribution in [0.5, 0.6) is 6.01 Å². The molecule has 3 unspecified atom stereocenters. The topological polar surface area (TPSA) is 137 Å². The van der Waals surface area contributed by atoms with Crippen molar-refractivity contribution in [3.8, 4) is 6.01 Å². The molecule has 0 N–H and O–H groups in total. The molecule has 1 aromatic rings. The van der Waals surface area contributed by atoms with Gasteiger partial charge in [0.05, 0.1) is 14.2 Å². The Morgan fingerprint density at radius 2 is 1.37 bits per heavy atom. The molecule has 1 aromatic heterocycles. The molecule has 0 spiro atoms. The van der Waals surface area contributed by atoms with Crippen molar-refractivity contribution < 1.29 is 39.6 Å². The summed E-state index contributed by atoms with van der Waals surface area (Å²) in [5.41, 5.74) is 0. The SMILES string of the molecule is COP(C)OCP(OC)OC.COS(=O)COS(C)=O.COc1nc(C)nc(C)n1.C[Si](C)(Cl)Cl. The molecule has 0 amide bonds. The minimum Gasteiger partial charge on any atom is -0.467 e. The molecule has 0 aliphatic heterocycles. The van der Waals surface area contributed by atoms with Crippen LogP contribution in [0.3, 0.4) is 0 Å². The Labute approximate surface area is 227 Å². The number of hydrogen-bond donors (Lipinski definition) is 0. The summed E-state index contributed by atoms with van der Waals surface area (Å²) in [5, 5.41) is 0. The van der Waals surface area contributed by atoms with Gasteiger partial charge in [-0.15, -0.1) is 22.2 Å². The van der Waals surface area contributed by atoms with Crippen LogP contribution in [0.15, 0.2) is 0 Å². The lowest BCUT2D eigenvalue weighted by atomic mass is 10.6. The molecule has 35 heavy (non-hydrogen) atoms. The van der Waals surface area contributed by atoms with E-state index >= 15 is 0 Å². The third-order valence-corrected chi connectivity index (χ3v) is 6.17. The number of aromatic nitrogens is 3. The van der Waals surface area contributed by atoms with Crippen molar-refractivity contribution in [3.05, 3.63) is 11.6 Å². The van der Waals surface area contributed by atoms with Crippen molar-refractivity contribution in [1.82, 2.24) is 15.0 Å². The molecule has 0 radical (unpaired) electrons. The lowest BCUT2D eigenvalue weighted by Gasteiger charge is -2.14. The zero-order chi connectivity index (χ0) is 28.0. The lowest BCUT2D eigenvalue weighted by molar-refractivity contribution is 0.281. The van der Waals surface area contributed by atoms with Crippen molar-refractivity contribution in [2.45, 2.75) is 26.9 Å². The summed E-state index contributed by atoms with van der Waals surface area (Å²) in [5.74, 6) is 1.23. The van der Waals surface area contributed by atoms with Crippen molar-refractivity contribution in [2.24, 2.45) is 0 Å². The number of nitrogens with zero attached hydrogens (tertiary/aromatic N) is 3. The van der Waals surface area contributed by atoms with Gasteiger partial charge in [0.2, 0.25) is 6.69 Å². The van der Waals surface area contributed by atoms with Crippen LogP contribution in [0.1, 0.15) is 11.6 Å². The van der Waals surface area contributed by atoms with E-state index in [1.165, 1.54) is 20.5 Å². The molecule has 0 aliphatic rings. The molecule has 0 saturated heterocycles. The second-order valence-corrected chi connectivity index (χ2v) is 20.2. The largest absolute Gasteiger partial charge is 0.467 e. The fourth-order valence-electron chi connectivity index (χ4n) is 1.19. The number of hydrogen-bond acceptors (Lipinski definition) is 12. The lowest BCUT2D eigenvalue weighted by Crippen LogP contribution is -2.04. The maximum atomic E-state index is 10.3. The molecular formula is C16H37Cl2N3O9P2S2Si. The summed E-state index contributed by atoms with van der Waals surface area (Å²) in [7, 11) is 6.00. The van der Waals surface area contributed by atoms with E-state index in [9.17, 15) is 8.42 Å². The third kappa shape index (κ3) is 34.5. The van der Waals surface area contributed by atoms with Crippen molar-refractivity contribution >= 4 is 67.8 Å². The van der Waals surface area contributed by atoms with Crippen LogP contribution in [0.2, 0.25) is 13.1 Å². The Morgan fingerprint density at radius 3 is 1.69 bits per heavy atom. The zero-order valence-corrected chi connectivity index (χ0v) is 27.8. The fourth-order valence-corrected chi connectivity index (χ4v) is 3.64. The summed E-state index contributed by atoms with van der Waals surface area (Å²) in [4.78, 5) is 11.8. The predicted molar refractivity (Wildman–Crippen MR) is 147 cm³/mol. The van der Waals surface area contributed by atoms with Gasteiger partial charge >= 0.3 is 6.01 Å². The zero-order valence-electron chi connectivity index (χ0n) is 21.9. The highest BCUT2D eigenvalue weighted by atomic mass is 35.7. The molecule has 1 rings (SSSR count). The van der Waals surface area contributed by atoms with Crippen molar-refractivity contribution in [1.29, 1.82) is 0 Å². The van der Waals surface area contributed by atoms with E-state index in [1.54, 1.807) is 35.2 Å². The Hall–Kier alpha value is 0.527. The Morgan fingerprint density at radius 1 is 0.914 bits per heavy atom. The molecule has 0 bridgehead atoms. The molecule has 210 valence electrons. The average molecular weight is 641 g/mol. The molecule has 19 heteroatoms. The van der Waals surface area contributed by atoms with Gasteiger partial charge < -0.3 is 22.8 Å². The molecule has 12 nitrogen and oxygen atoms in total. The third-order valence-electron chi connectivity index (χ3n) is 2.53. The quantitative estimate of drug-likeness (QED) is 0.193. The monoisotopic (exact) mass is 639 g/mol. The summed E-state index contributed by atoms with van der Waals surface area (Å²) in [6.07, 6.45) is 1.82. The highest BCUT2D eigenvalue weighted by molar-refractivity contribution is 7.82. The van der Waals surface area contributed by atoms with Gasteiger partial charge in [0.1, 0.15) is 18.0 Å². The maximum Gasteiger partial charge on any atom is 0.319 e. The van der Waals surface area contributed by atoms with E-state index in [4.69, 9.17) is 45.0 Å². The normalized spacial score (nSPS) is 13.2. The van der Waals surface area contributed by atoms with Gasteiger partial charge in [0.15, 0.2) is 44.9 Å². The minimum atomic E-state index is -1.67. The number of methoxy groups -OCH3 is 1. The maximum absolute atomic E-state index is 10.3. The van der Waals surface area contributed by atoms with Crippen LogP contribution in [0.4, 0.5) is 0 Å². The summed E-state index contributed by atoms with van der Waals surface area (Å²) < 4.78 is 54.2. The molecule has 3 atom stereocenters. The van der Waals surface area contributed by atoms with Crippen LogP contribution in [-0.4, -0.2) is 90.8 Å². The fraction of sp³-hybridized carbons (Fsp3) is 0.812. The first-order chi connectivity index (χ1) is 16.1. The van der Waals surface area contributed by atoms with Crippen LogP contribution in [0, 0.1) is 13.8 Å². The first-order valence-electron chi connectivity index (χ1n) is 9.40. The number of ether oxygens (including phenoxy) is 1. The average Bonchev–Trinajstić information content (AvgIpc) is 2.76. The van der Waals surface area contributed by atoms with Gasteiger partial charge in [0, 0.05) is 34.2 Å². The van der Waals surface area contributed by atoms with Gasteiger partial charge in [-0.1, -0.05) is 0 Å². The van der Waals surface area contributed by atoms with Crippen LogP contribution < -0.4 is 4.74 Å². The molecule has 0 fully saturated rings. The second-order valence-electron chi connectivity index (χ2n) is 5.93. The summed E-state index contributed by atoms with van der Waals surface area (Å²) >= 11 is 8.05. The van der Waals surface area contributed by atoms with Crippen molar-refractivity contribution in [3.63, 3.8) is 0 Å². The van der Waals surface area contributed by atoms with Gasteiger partial charge in [-0.25, -0.2) is 13.4 Å². The van der Waals surface area contributed by atoms with E-state index in [0.717, 1.165) is 0 Å². The Kier molecular flexibility index (Phi) is 28.4. The molecular weight excluding hydrogens is 603 g/mol. The number of aryl methyl sites for hydroxylation is 2. The standard InChI is InChI=1S/C6H9N3O.C5H14O4P2.C3H8O4S2.C2H6Cl2Si/c1-4-7-5(2)9-6(8-4)10-3;1-6-10(4)9-5-11(7-2)8-3;1-6-9(5)3-7-8(2)4;1-5(2,3)4/h1-3H3;5H2,1-4H3;3H2,1-2H3;1-2H3. The van der Waals surface area contributed by atoms with E-state index in [-0.39, 0.29) is 5.94 Å². The van der Waals surface area contributed by atoms with Gasteiger partial charge in [-0.2, -0.15) is 9.97 Å². The van der Waals surface area contributed by atoms with Crippen LogP contribution in [0.25, 0.3) is 0 Å².